The molecule has 0 aliphatic heterocycles. The van der Waals surface area contributed by atoms with Gasteiger partial charge >= 0.3 is 24.4 Å². The molecule has 13 nitrogen and oxygen atoms in total. The summed E-state index contributed by atoms with van der Waals surface area (Å²) in [6.45, 7) is 1.74. The van der Waals surface area contributed by atoms with E-state index in [1.807, 2.05) is 0 Å². The second-order valence-corrected chi connectivity index (χ2v) is 14.1. The number of carbonyl (C=O) groups is 4. The Kier molecular flexibility index (Phi) is 17.9. The average molecular weight is 965 g/mol. The van der Waals surface area contributed by atoms with Crippen molar-refractivity contribution >= 4 is 81.3 Å². The Hall–Kier alpha value is -7.09. The van der Waals surface area contributed by atoms with E-state index in [0.717, 1.165) is 24.3 Å². The summed E-state index contributed by atoms with van der Waals surface area (Å²) in [6, 6.07) is 22.8. The van der Waals surface area contributed by atoms with Gasteiger partial charge in [0, 0.05) is 59.7 Å². The number of Topliss-reactive ketones (excluding diaryl/α,β-unsaturated/α-hetero) is 1. The number of nitrogens with zero attached hydrogens (tertiary/aromatic N) is 2. The summed E-state index contributed by atoms with van der Waals surface area (Å²) < 4.78 is 82.7. The molecule has 0 bridgehead atoms. The molecule has 2 heterocycles. The van der Waals surface area contributed by atoms with Crippen LogP contribution in [0.5, 0.6) is 17.2 Å². The minimum Gasteiger partial charge on any atom is -0.508 e. The van der Waals surface area contributed by atoms with Crippen LogP contribution in [0.4, 0.5) is 58.7 Å². The summed E-state index contributed by atoms with van der Waals surface area (Å²) >= 11 is 16.7. The molecule has 0 unspecified atom stereocenters. The maximum Gasteiger partial charge on any atom is 0.417 e. The Labute approximate surface area is 381 Å². The number of phenolic OH excluding ortho intramolecular Hbond substituents is 1. The summed E-state index contributed by atoms with van der Waals surface area (Å²) in [5.74, 6) is 0.568. The lowest BCUT2D eigenvalue weighted by Crippen LogP contribution is -2.19. The van der Waals surface area contributed by atoms with Crippen LogP contribution in [0.1, 0.15) is 45.4 Å². The number of phenols is 1. The van der Waals surface area contributed by atoms with Crippen LogP contribution in [0.3, 0.4) is 0 Å². The Morgan fingerprint density at radius 3 is 1.49 bits per heavy atom. The molecule has 0 atom stereocenters. The molecule has 22 heteroatoms. The second kappa shape index (κ2) is 23.0. The predicted molar refractivity (Wildman–Crippen MR) is 234 cm³/mol. The number of urea groups is 2. The minimum absolute atomic E-state index is 0.0264. The van der Waals surface area contributed by atoms with Crippen LogP contribution in [0, 0.1) is 0 Å². The molecule has 5 amide bonds. The zero-order valence-corrected chi connectivity index (χ0v) is 35.8. The molecule has 0 saturated carbocycles. The van der Waals surface area contributed by atoms with Crippen molar-refractivity contribution < 1.29 is 55.4 Å². The fourth-order valence-electron chi connectivity index (χ4n) is 4.98. The molecule has 6 aromatic rings. The Balaban J connectivity index is 0.000000241. The number of rotatable bonds is 9. The number of alkyl halides is 6. The quantitative estimate of drug-likeness (QED) is 0.0470. The Morgan fingerprint density at radius 1 is 0.585 bits per heavy atom. The number of aromatic hydroxyl groups is 1. The highest BCUT2D eigenvalue weighted by Crippen LogP contribution is 2.37. The third-order valence-electron chi connectivity index (χ3n) is 8.05. The van der Waals surface area contributed by atoms with E-state index in [1.165, 1.54) is 60.9 Å². The van der Waals surface area contributed by atoms with Crippen LogP contribution in [-0.4, -0.2) is 45.9 Å². The van der Waals surface area contributed by atoms with Gasteiger partial charge in [0.2, 0.25) is 0 Å². The molecule has 340 valence electrons. The number of amides is 5. The Bertz CT molecular complexity index is 2620. The first kappa shape index (κ1) is 50.6. The van der Waals surface area contributed by atoms with Crippen molar-refractivity contribution in [1.82, 2.24) is 15.3 Å². The first-order valence-electron chi connectivity index (χ1n) is 18.4. The van der Waals surface area contributed by atoms with Crippen molar-refractivity contribution in [2.45, 2.75) is 25.7 Å². The van der Waals surface area contributed by atoms with E-state index in [2.05, 4.69) is 36.6 Å². The number of anilines is 4. The zero-order chi connectivity index (χ0) is 47.9. The van der Waals surface area contributed by atoms with Crippen molar-refractivity contribution in [2.24, 2.45) is 0 Å². The van der Waals surface area contributed by atoms with E-state index in [0.29, 0.717) is 45.7 Å². The number of ether oxygens (including phenoxy) is 1. The number of ketones is 1. The Morgan fingerprint density at radius 2 is 1.03 bits per heavy atom. The van der Waals surface area contributed by atoms with Crippen LogP contribution in [0.15, 0.2) is 122 Å². The number of nitrogens with one attached hydrogen (secondary N) is 5. The highest BCUT2D eigenvalue weighted by Gasteiger charge is 2.34. The van der Waals surface area contributed by atoms with Gasteiger partial charge in [-0.05, 0) is 103 Å². The molecule has 0 fully saturated rings. The third-order valence-corrected chi connectivity index (χ3v) is 8.95. The topological polar surface area (TPSA) is 184 Å². The number of carbonyl (C=O) groups excluding carboxylic acids is 4. The highest BCUT2D eigenvalue weighted by atomic mass is 35.5. The number of hydrogen-bond donors (Lipinski definition) is 6. The lowest BCUT2D eigenvalue weighted by Gasteiger charge is -2.12. The van der Waals surface area contributed by atoms with E-state index >= 15 is 0 Å². The average Bonchev–Trinajstić information content (AvgIpc) is 3.25. The maximum absolute atomic E-state index is 12.9. The number of aromatic nitrogens is 2. The highest BCUT2D eigenvalue weighted by molar-refractivity contribution is 6.32. The van der Waals surface area contributed by atoms with Gasteiger partial charge in [-0.25, -0.2) is 9.59 Å². The monoisotopic (exact) mass is 963 g/mol. The van der Waals surface area contributed by atoms with Crippen molar-refractivity contribution in [3.05, 3.63) is 159 Å². The smallest absolute Gasteiger partial charge is 0.417 e. The van der Waals surface area contributed by atoms with E-state index < -0.39 is 45.6 Å². The molecular weight excluding hydrogens is 931 g/mol. The fraction of sp³-hybridized carbons (Fsp3) is 0.116. The van der Waals surface area contributed by atoms with Crippen LogP contribution in [-0.2, 0) is 12.4 Å². The van der Waals surface area contributed by atoms with Crippen LogP contribution < -0.4 is 31.3 Å². The van der Waals surface area contributed by atoms with E-state index in [4.69, 9.17) is 44.6 Å². The van der Waals surface area contributed by atoms with Crippen LogP contribution in [0.25, 0.3) is 0 Å². The van der Waals surface area contributed by atoms with Crippen molar-refractivity contribution in [3.63, 3.8) is 0 Å². The van der Waals surface area contributed by atoms with Crippen molar-refractivity contribution in [1.29, 1.82) is 0 Å². The molecule has 4 aromatic carbocycles. The fourth-order valence-corrected chi connectivity index (χ4v) is 5.59. The van der Waals surface area contributed by atoms with Crippen LogP contribution >= 0.6 is 34.8 Å². The van der Waals surface area contributed by atoms with Gasteiger partial charge < -0.3 is 36.4 Å². The molecule has 6 rings (SSSR count). The van der Waals surface area contributed by atoms with Crippen LogP contribution in [0.2, 0.25) is 15.1 Å². The summed E-state index contributed by atoms with van der Waals surface area (Å²) in [7, 11) is 1.55. The van der Waals surface area contributed by atoms with Gasteiger partial charge in [0.05, 0.1) is 21.2 Å². The molecule has 0 aliphatic carbocycles. The number of benzene rings is 4. The predicted octanol–water partition coefficient (Wildman–Crippen LogP) is 12.6. The summed E-state index contributed by atoms with van der Waals surface area (Å²) in [4.78, 5) is 54.3. The van der Waals surface area contributed by atoms with Gasteiger partial charge in [0.15, 0.2) is 5.78 Å². The van der Waals surface area contributed by atoms with E-state index in [1.54, 1.807) is 50.4 Å². The van der Waals surface area contributed by atoms with Crippen molar-refractivity contribution in [3.8, 4) is 17.2 Å². The zero-order valence-electron chi connectivity index (χ0n) is 33.5. The third kappa shape index (κ3) is 16.2. The molecule has 65 heavy (non-hydrogen) atoms. The standard InChI is InChI=1S/C22H17ClF3N3O3.C14H10ClF3N2O2.C7H7ClN2O/c1-2-20(30)19-12-16(9-10-27-19)32-15-6-3-13(4-7-15)28-21(31)29-14-5-8-18(23)17(11-14)22(24,25)26;15-12-6-3-9(7-11(12)14(16,17)18)20-13(22)19-8-1-4-10(21)5-2-8;1-9-7(11)6-4-5(8)2-3-10-6/h3-12H,2H2,1H3,(H2,28,29,31);1-7,21H,(H2,19,20,22);2-4H,1H3,(H,9,11). The van der Waals surface area contributed by atoms with Crippen molar-refractivity contribution in [2.75, 3.05) is 28.3 Å². The van der Waals surface area contributed by atoms with Gasteiger partial charge in [-0.3, -0.25) is 19.6 Å². The summed E-state index contributed by atoms with van der Waals surface area (Å²) in [5, 5.41) is 20.7. The normalized spacial score (nSPS) is 10.8. The van der Waals surface area contributed by atoms with E-state index in [9.17, 15) is 45.5 Å². The SMILES string of the molecule is CCC(=O)c1cc(Oc2ccc(NC(=O)Nc3ccc(Cl)c(C(F)(F)F)c3)cc2)ccn1.CNC(=O)c1cc(Cl)ccn1.O=C(Nc1ccc(O)cc1)Nc1ccc(Cl)c(C(F)(F)F)c1. The first-order valence-corrected chi connectivity index (χ1v) is 19.6. The first-order chi connectivity index (χ1) is 30.6. The number of hydrogen-bond acceptors (Lipinski definition) is 8. The minimum atomic E-state index is -4.64. The molecule has 6 N–H and O–H groups in total. The van der Waals surface area contributed by atoms with Gasteiger partial charge in [0.1, 0.15) is 28.6 Å². The molecule has 0 radical (unpaired) electrons. The molecule has 2 aromatic heterocycles. The summed E-state index contributed by atoms with van der Waals surface area (Å²) in [6.07, 6.45) is -5.96. The lowest BCUT2D eigenvalue weighted by molar-refractivity contribution is -0.138. The lowest BCUT2D eigenvalue weighted by atomic mass is 10.2. The molecular formula is C43H34Cl3F6N7O6. The van der Waals surface area contributed by atoms with Gasteiger partial charge in [-0.1, -0.05) is 41.7 Å². The molecule has 0 spiro atoms. The number of pyridine rings is 2. The largest absolute Gasteiger partial charge is 0.508 e. The summed E-state index contributed by atoms with van der Waals surface area (Å²) in [5.41, 5.74) is -0.787. The molecule has 0 aliphatic rings. The molecule has 0 saturated heterocycles. The number of halogens is 9. The second-order valence-electron chi connectivity index (χ2n) is 12.8. The maximum atomic E-state index is 12.9. The van der Waals surface area contributed by atoms with Gasteiger partial charge in [-0.15, -0.1) is 0 Å². The van der Waals surface area contributed by atoms with E-state index in [-0.39, 0.29) is 28.8 Å². The van der Waals surface area contributed by atoms with Gasteiger partial charge in [0.25, 0.3) is 5.91 Å². The van der Waals surface area contributed by atoms with Gasteiger partial charge in [-0.2, -0.15) is 26.3 Å².